The summed E-state index contributed by atoms with van der Waals surface area (Å²) in [6, 6.07) is 2.47. The Morgan fingerprint density at radius 2 is 1.95 bits per heavy atom. The van der Waals surface area contributed by atoms with Gasteiger partial charge in [0, 0.05) is 44.3 Å². The van der Waals surface area contributed by atoms with Gasteiger partial charge >= 0.3 is 12.2 Å². The Labute approximate surface area is 231 Å². The third-order valence-corrected chi connectivity index (χ3v) is 7.74. The molecule has 1 saturated carbocycles. The number of carbonyl (C=O) groups excluding carboxylic acids is 3. The zero-order chi connectivity index (χ0) is 29.5. The van der Waals surface area contributed by atoms with Crippen molar-refractivity contribution in [3.8, 4) is 5.75 Å². The van der Waals surface area contributed by atoms with Crippen molar-refractivity contribution >= 4 is 23.5 Å². The van der Waals surface area contributed by atoms with E-state index in [9.17, 15) is 36.3 Å². The molecule has 10 nitrogen and oxygen atoms in total. The average Bonchev–Trinajstić information content (AvgIpc) is 3.60. The fourth-order valence-electron chi connectivity index (χ4n) is 5.48. The Morgan fingerprint density at radius 1 is 1.22 bits per heavy atom. The number of ether oxygens (including phenoxy) is 1. The fourth-order valence-corrected chi connectivity index (χ4v) is 5.48. The minimum absolute atomic E-state index is 0.0466. The van der Waals surface area contributed by atoms with Crippen molar-refractivity contribution in [2.45, 2.75) is 62.4 Å². The first-order valence-electron chi connectivity index (χ1n) is 13.2. The standard InChI is InChI=1S/C26H29F5N6O4/c1-36-18(6-9-32-36)22(38)35-21(14-4-7-25(27,28)8-5-14)23(39)33-16-3-2-15-10-17(41-19(15)11-16)12-37-13-20(26(29,30)31)34-24(37)40/h2-3,6,9,11,14,17,20-21H,4-5,7-8,10,12-13H2,1H3,(H,33,39)(H,34,40)(H,35,38)/t17?,20-,21-/m0/s1. The van der Waals surface area contributed by atoms with Gasteiger partial charge in [-0.25, -0.2) is 13.6 Å². The normalized spacial score (nSPS) is 23.0. The van der Waals surface area contributed by atoms with E-state index in [2.05, 4.69) is 15.7 Å². The van der Waals surface area contributed by atoms with Gasteiger partial charge in [-0.05, 0) is 36.5 Å². The molecule has 2 aromatic rings. The third-order valence-electron chi connectivity index (χ3n) is 7.74. The lowest BCUT2D eigenvalue weighted by atomic mass is 9.81. The highest BCUT2D eigenvalue weighted by atomic mass is 19.4. The van der Waals surface area contributed by atoms with Crippen LogP contribution in [0, 0.1) is 5.92 Å². The van der Waals surface area contributed by atoms with Crippen molar-refractivity contribution in [1.29, 1.82) is 0 Å². The fraction of sp³-hybridized carbons (Fsp3) is 0.538. The molecule has 2 fully saturated rings. The highest BCUT2D eigenvalue weighted by Crippen LogP contribution is 2.38. The summed E-state index contributed by atoms with van der Waals surface area (Å²) in [5.74, 6) is -4.10. The van der Waals surface area contributed by atoms with Gasteiger partial charge in [0.25, 0.3) is 5.91 Å². The molecular weight excluding hydrogens is 555 g/mol. The number of aromatic nitrogens is 2. The van der Waals surface area contributed by atoms with Gasteiger partial charge in [0.1, 0.15) is 29.6 Å². The number of benzene rings is 1. The second kappa shape index (κ2) is 10.8. The summed E-state index contributed by atoms with van der Waals surface area (Å²) >= 11 is 0. The highest BCUT2D eigenvalue weighted by Gasteiger charge is 2.47. The molecule has 0 spiro atoms. The Bertz CT molecular complexity index is 1320. The molecule has 222 valence electrons. The topological polar surface area (TPSA) is 118 Å². The minimum Gasteiger partial charge on any atom is -0.488 e. The van der Waals surface area contributed by atoms with Crippen LogP contribution < -0.4 is 20.7 Å². The maximum Gasteiger partial charge on any atom is 0.410 e. The number of carbonyl (C=O) groups is 3. The number of aryl methyl sites for hydroxylation is 1. The van der Waals surface area contributed by atoms with Crippen molar-refractivity contribution in [3.63, 3.8) is 0 Å². The van der Waals surface area contributed by atoms with E-state index in [1.807, 2.05) is 5.32 Å². The molecule has 1 unspecified atom stereocenters. The largest absolute Gasteiger partial charge is 0.488 e. The van der Waals surface area contributed by atoms with Crippen molar-refractivity contribution in [2.24, 2.45) is 13.0 Å². The molecule has 4 amide bonds. The van der Waals surface area contributed by atoms with Crippen LogP contribution in [0.2, 0.25) is 0 Å². The first kappa shape index (κ1) is 28.6. The number of halogens is 5. The number of nitrogens with zero attached hydrogens (tertiary/aromatic N) is 3. The predicted molar refractivity (Wildman–Crippen MR) is 135 cm³/mol. The first-order chi connectivity index (χ1) is 19.3. The molecule has 2 aliphatic heterocycles. The Hall–Kier alpha value is -3.91. The van der Waals surface area contributed by atoms with Crippen molar-refractivity contribution in [1.82, 2.24) is 25.3 Å². The lowest BCUT2D eigenvalue weighted by molar-refractivity contribution is -0.150. The number of alkyl halides is 5. The third kappa shape index (κ3) is 6.38. The van der Waals surface area contributed by atoms with E-state index in [4.69, 9.17) is 4.74 Å². The molecule has 1 aromatic heterocycles. The first-order valence-corrected chi connectivity index (χ1v) is 13.2. The van der Waals surface area contributed by atoms with E-state index in [1.165, 1.54) is 16.9 Å². The number of nitrogens with one attached hydrogen (secondary N) is 3. The number of rotatable bonds is 7. The Balaban J connectivity index is 1.24. The van der Waals surface area contributed by atoms with Gasteiger partial charge in [-0.15, -0.1) is 0 Å². The van der Waals surface area contributed by atoms with Crippen LogP contribution in [0.3, 0.4) is 0 Å². The SMILES string of the molecule is Cn1nccc1C(=O)N[C@H](C(=O)Nc1ccc2c(c1)OC(CN1C[C@@H](C(F)(F)F)NC1=O)C2)C1CCC(F)(F)CC1. The number of urea groups is 1. The lowest BCUT2D eigenvalue weighted by Crippen LogP contribution is -2.50. The molecule has 5 rings (SSSR count). The second-order valence-electron chi connectivity index (χ2n) is 10.7. The molecule has 41 heavy (non-hydrogen) atoms. The van der Waals surface area contributed by atoms with Crippen LogP contribution in [0.4, 0.5) is 32.4 Å². The molecule has 1 saturated heterocycles. The van der Waals surface area contributed by atoms with Crippen molar-refractivity contribution < 1.29 is 41.1 Å². The number of anilines is 1. The van der Waals surface area contributed by atoms with E-state index >= 15 is 0 Å². The lowest BCUT2D eigenvalue weighted by Gasteiger charge is -2.33. The Kier molecular flexibility index (Phi) is 7.55. The minimum atomic E-state index is -4.55. The summed E-state index contributed by atoms with van der Waals surface area (Å²) in [6.45, 7) is -0.567. The molecule has 3 atom stereocenters. The summed E-state index contributed by atoms with van der Waals surface area (Å²) in [7, 11) is 1.56. The van der Waals surface area contributed by atoms with E-state index in [1.54, 1.807) is 25.2 Å². The molecule has 3 heterocycles. The molecule has 3 N–H and O–H groups in total. The Morgan fingerprint density at radius 3 is 2.59 bits per heavy atom. The molecule has 15 heteroatoms. The average molecular weight is 585 g/mol. The van der Waals surface area contributed by atoms with Gasteiger partial charge in [-0.2, -0.15) is 18.3 Å². The number of hydrogen-bond donors (Lipinski definition) is 3. The quantitative estimate of drug-likeness (QED) is 0.432. The summed E-state index contributed by atoms with van der Waals surface area (Å²) < 4.78 is 73.8. The summed E-state index contributed by atoms with van der Waals surface area (Å²) in [5, 5.41) is 11.3. The number of amides is 4. The molecule has 1 aliphatic carbocycles. The summed E-state index contributed by atoms with van der Waals surface area (Å²) in [5.41, 5.74) is 1.27. The van der Waals surface area contributed by atoms with E-state index in [-0.39, 0.29) is 25.1 Å². The van der Waals surface area contributed by atoms with Gasteiger partial charge in [0.2, 0.25) is 11.8 Å². The maximum atomic E-state index is 13.8. The van der Waals surface area contributed by atoms with Crippen molar-refractivity contribution in [3.05, 3.63) is 41.7 Å². The van der Waals surface area contributed by atoms with Gasteiger partial charge in [-0.3, -0.25) is 14.3 Å². The second-order valence-corrected chi connectivity index (χ2v) is 10.7. The van der Waals surface area contributed by atoms with Crippen molar-refractivity contribution in [2.75, 3.05) is 18.4 Å². The monoisotopic (exact) mass is 584 g/mol. The zero-order valence-electron chi connectivity index (χ0n) is 22.0. The van der Waals surface area contributed by atoms with Crippen LogP contribution in [-0.2, 0) is 18.3 Å². The van der Waals surface area contributed by atoms with Crippen LogP contribution in [-0.4, -0.2) is 75.9 Å². The maximum absolute atomic E-state index is 13.8. The number of hydrogen-bond acceptors (Lipinski definition) is 5. The van der Waals surface area contributed by atoms with E-state index in [0.717, 1.165) is 10.5 Å². The van der Waals surface area contributed by atoms with Gasteiger partial charge in [-0.1, -0.05) is 6.07 Å². The van der Waals surface area contributed by atoms with Crippen LogP contribution in [0.1, 0.15) is 41.7 Å². The summed E-state index contributed by atoms with van der Waals surface area (Å²) in [4.78, 5) is 39.3. The molecule has 0 radical (unpaired) electrons. The zero-order valence-corrected chi connectivity index (χ0v) is 22.0. The molecule has 0 bridgehead atoms. The van der Waals surface area contributed by atoms with E-state index < -0.39 is 73.4 Å². The predicted octanol–water partition coefficient (Wildman–Crippen LogP) is 3.24. The van der Waals surface area contributed by atoms with Crippen LogP contribution in [0.5, 0.6) is 5.75 Å². The smallest absolute Gasteiger partial charge is 0.410 e. The van der Waals surface area contributed by atoms with Crippen LogP contribution >= 0.6 is 0 Å². The summed E-state index contributed by atoms with van der Waals surface area (Å²) in [6.07, 6.45) is -4.05. The van der Waals surface area contributed by atoms with Gasteiger partial charge in [0.05, 0.1) is 13.1 Å². The van der Waals surface area contributed by atoms with Gasteiger partial charge < -0.3 is 25.6 Å². The molecule has 3 aliphatic rings. The number of fused-ring (bicyclic) bond motifs is 1. The van der Waals surface area contributed by atoms with E-state index in [0.29, 0.717) is 17.9 Å². The highest BCUT2D eigenvalue weighted by molar-refractivity contribution is 6.00. The van der Waals surface area contributed by atoms with Gasteiger partial charge in [0.15, 0.2) is 0 Å². The van der Waals surface area contributed by atoms with Crippen LogP contribution in [0.15, 0.2) is 30.5 Å². The molecule has 1 aromatic carbocycles. The van der Waals surface area contributed by atoms with Crippen LogP contribution in [0.25, 0.3) is 0 Å². The molecular formula is C26H29F5N6O4.